The molecule has 2 heteroatoms. The highest BCUT2D eigenvalue weighted by Gasteiger charge is 2.22. The van der Waals surface area contributed by atoms with Crippen LogP contribution in [0.5, 0.6) is 0 Å². The second kappa shape index (κ2) is 6.43. The minimum absolute atomic E-state index is 0.133. The van der Waals surface area contributed by atoms with Crippen molar-refractivity contribution in [2.75, 3.05) is 0 Å². The van der Waals surface area contributed by atoms with E-state index in [0.717, 1.165) is 48.8 Å². The van der Waals surface area contributed by atoms with Crippen LogP contribution < -0.4 is 0 Å². The van der Waals surface area contributed by atoms with E-state index in [1.54, 1.807) is 12.1 Å². The van der Waals surface area contributed by atoms with Gasteiger partial charge >= 0.3 is 0 Å². The van der Waals surface area contributed by atoms with Gasteiger partial charge in [-0.2, -0.15) is 0 Å². The largest absolute Gasteiger partial charge is 0.207 e. The Hall–Kier alpha value is -1.96. The lowest BCUT2D eigenvalue weighted by molar-refractivity contribution is 0.422. The van der Waals surface area contributed by atoms with Gasteiger partial charge in [0.1, 0.15) is 11.6 Å². The fraction of sp³-hybridized carbons (Fsp3) is 0.300. The molecule has 22 heavy (non-hydrogen) atoms. The maximum Gasteiger partial charge on any atom is 0.134 e. The molecule has 0 bridgehead atoms. The second-order valence-corrected chi connectivity index (χ2v) is 6.05. The van der Waals surface area contributed by atoms with Crippen LogP contribution in [0.25, 0.3) is 11.1 Å². The van der Waals surface area contributed by atoms with Gasteiger partial charge in [0.15, 0.2) is 0 Å². The molecule has 0 aromatic heterocycles. The molecule has 2 aromatic rings. The van der Waals surface area contributed by atoms with Crippen LogP contribution in [-0.2, 0) is 12.8 Å². The molecule has 114 valence electrons. The molecule has 0 spiro atoms. The molecule has 0 saturated carbocycles. The summed E-state index contributed by atoms with van der Waals surface area (Å²) in [6.07, 6.45) is 6.88. The van der Waals surface area contributed by atoms with E-state index in [9.17, 15) is 8.78 Å². The van der Waals surface area contributed by atoms with E-state index in [4.69, 9.17) is 0 Å². The Balaban J connectivity index is 1.88. The first-order chi connectivity index (χ1) is 10.7. The third kappa shape index (κ3) is 2.96. The highest BCUT2D eigenvalue weighted by atomic mass is 19.1. The zero-order valence-electron chi connectivity index (χ0n) is 12.6. The van der Waals surface area contributed by atoms with Crippen LogP contribution in [0.3, 0.4) is 0 Å². The van der Waals surface area contributed by atoms with E-state index < -0.39 is 0 Å². The topological polar surface area (TPSA) is 0 Å². The molecule has 1 aliphatic rings. The minimum atomic E-state index is -0.299. The van der Waals surface area contributed by atoms with Crippen LogP contribution in [0.2, 0.25) is 0 Å². The molecule has 0 N–H and O–H groups in total. The molecule has 0 amide bonds. The smallest absolute Gasteiger partial charge is 0.134 e. The SMILES string of the molecule is C=CCCC1CCc2c(ccc(-c3ccc(F)cc3)c2F)C1. The van der Waals surface area contributed by atoms with Crippen LogP contribution in [0.4, 0.5) is 8.78 Å². The Labute approximate surface area is 130 Å². The molecule has 0 aliphatic heterocycles. The van der Waals surface area contributed by atoms with Crippen LogP contribution in [0.15, 0.2) is 49.1 Å². The lowest BCUT2D eigenvalue weighted by Gasteiger charge is -2.25. The number of benzene rings is 2. The van der Waals surface area contributed by atoms with Crippen molar-refractivity contribution in [1.29, 1.82) is 0 Å². The molecule has 1 unspecified atom stereocenters. The van der Waals surface area contributed by atoms with E-state index >= 15 is 0 Å². The number of rotatable bonds is 4. The van der Waals surface area contributed by atoms with Gasteiger partial charge in [-0.05, 0) is 66.8 Å². The van der Waals surface area contributed by atoms with Crippen molar-refractivity contribution in [1.82, 2.24) is 0 Å². The van der Waals surface area contributed by atoms with Gasteiger partial charge in [-0.25, -0.2) is 8.78 Å². The summed E-state index contributed by atoms with van der Waals surface area (Å²) in [4.78, 5) is 0. The minimum Gasteiger partial charge on any atom is -0.207 e. The van der Waals surface area contributed by atoms with Crippen molar-refractivity contribution < 1.29 is 8.78 Å². The van der Waals surface area contributed by atoms with Crippen molar-refractivity contribution in [2.24, 2.45) is 5.92 Å². The van der Waals surface area contributed by atoms with E-state index in [-0.39, 0.29) is 11.6 Å². The van der Waals surface area contributed by atoms with Crippen LogP contribution >= 0.6 is 0 Å². The third-order valence-corrected chi connectivity index (χ3v) is 4.59. The normalized spacial score (nSPS) is 17.1. The van der Waals surface area contributed by atoms with Gasteiger partial charge in [0.05, 0.1) is 0 Å². The van der Waals surface area contributed by atoms with Gasteiger partial charge < -0.3 is 0 Å². The van der Waals surface area contributed by atoms with Gasteiger partial charge in [-0.3, -0.25) is 0 Å². The molecule has 0 saturated heterocycles. The fourth-order valence-corrected chi connectivity index (χ4v) is 3.34. The summed E-state index contributed by atoms with van der Waals surface area (Å²) in [5.74, 6) is 0.194. The Morgan fingerprint density at radius 3 is 2.59 bits per heavy atom. The molecular formula is C20H20F2. The maximum absolute atomic E-state index is 14.8. The number of hydrogen-bond acceptors (Lipinski definition) is 0. The van der Waals surface area contributed by atoms with Gasteiger partial charge in [-0.15, -0.1) is 6.58 Å². The average Bonchev–Trinajstić information content (AvgIpc) is 2.54. The number of halogens is 2. The maximum atomic E-state index is 14.8. The molecule has 0 nitrogen and oxygen atoms in total. The summed E-state index contributed by atoms with van der Waals surface area (Å²) in [6, 6.07) is 9.89. The predicted octanol–water partition coefficient (Wildman–Crippen LogP) is 5.70. The first kappa shape index (κ1) is 15.0. The monoisotopic (exact) mass is 298 g/mol. The average molecular weight is 298 g/mol. The summed E-state index contributed by atoms with van der Waals surface area (Å²) < 4.78 is 27.8. The summed E-state index contributed by atoms with van der Waals surface area (Å²) in [5.41, 5.74) is 3.28. The van der Waals surface area contributed by atoms with Crippen molar-refractivity contribution in [3.05, 3.63) is 71.8 Å². The Bertz CT molecular complexity index is 671. The highest BCUT2D eigenvalue weighted by Crippen LogP contribution is 2.34. The quantitative estimate of drug-likeness (QED) is 0.635. The predicted molar refractivity (Wildman–Crippen MR) is 86.7 cm³/mol. The lowest BCUT2D eigenvalue weighted by atomic mass is 9.80. The summed E-state index contributed by atoms with van der Waals surface area (Å²) in [7, 11) is 0. The molecular weight excluding hydrogens is 278 g/mol. The first-order valence-corrected chi connectivity index (χ1v) is 7.86. The van der Waals surface area contributed by atoms with Gasteiger partial charge in [-0.1, -0.05) is 30.3 Å². The third-order valence-electron chi connectivity index (χ3n) is 4.59. The lowest BCUT2D eigenvalue weighted by Crippen LogP contribution is -2.16. The van der Waals surface area contributed by atoms with Crippen molar-refractivity contribution in [2.45, 2.75) is 32.1 Å². The zero-order chi connectivity index (χ0) is 15.5. The standard InChI is InChI=1S/C20H20F2/c1-2-3-4-14-5-11-19-16(13-14)8-12-18(20(19)22)15-6-9-17(21)10-7-15/h2,6-10,12,14H,1,3-5,11,13H2. The van der Waals surface area contributed by atoms with Crippen LogP contribution in [0, 0.1) is 17.6 Å². The van der Waals surface area contributed by atoms with Crippen LogP contribution in [0.1, 0.15) is 30.4 Å². The molecule has 0 fully saturated rings. The molecule has 0 radical (unpaired) electrons. The van der Waals surface area contributed by atoms with E-state index in [1.807, 2.05) is 18.2 Å². The Morgan fingerprint density at radius 2 is 1.86 bits per heavy atom. The van der Waals surface area contributed by atoms with Crippen molar-refractivity contribution in [3.63, 3.8) is 0 Å². The van der Waals surface area contributed by atoms with Gasteiger partial charge in [0, 0.05) is 5.56 Å². The molecule has 1 atom stereocenters. The van der Waals surface area contributed by atoms with Crippen molar-refractivity contribution in [3.8, 4) is 11.1 Å². The van der Waals surface area contributed by atoms with Gasteiger partial charge in [0.2, 0.25) is 0 Å². The van der Waals surface area contributed by atoms with Crippen molar-refractivity contribution >= 4 is 0 Å². The second-order valence-electron chi connectivity index (χ2n) is 6.05. The summed E-state index contributed by atoms with van der Waals surface area (Å²) in [5, 5.41) is 0. The van der Waals surface area contributed by atoms with E-state index in [2.05, 4.69) is 6.58 Å². The Morgan fingerprint density at radius 1 is 1.09 bits per heavy atom. The number of fused-ring (bicyclic) bond motifs is 1. The molecule has 1 aliphatic carbocycles. The van der Waals surface area contributed by atoms with E-state index in [1.165, 1.54) is 12.1 Å². The van der Waals surface area contributed by atoms with Gasteiger partial charge in [0.25, 0.3) is 0 Å². The molecule has 3 rings (SSSR count). The summed E-state index contributed by atoms with van der Waals surface area (Å²) >= 11 is 0. The molecule has 0 heterocycles. The Kier molecular flexibility index (Phi) is 4.37. The van der Waals surface area contributed by atoms with Crippen LogP contribution in [-0.4, -0.2) is 0 Å². The first-order valence-electron chi connectivity index (χ1n) is 7.86. The molecule has 2 aromatic carbocycles. The van der Waals surface area contributed by atoms with E-state index in [0.29, 0.717) is 11.5 Å². The number of hydrogen-bond donors (Lipinski definition) is 0. The number of allylic oxidation sites excluding steroid dienone is 1. The zero-order valence-corrected chi connectivity index (χ0v) is 12.6. The summed E-state index contributed by atoms with van der Waals surface area (Å²) in [6.45, 7) is 3.77. The fourth-order valence-electron chi connectivity index (χ4n) is 3.34. The highest BCUT2D eigenvalue weighted by molar-refractivity contribution is 5.66.